The lowest BCUT2D eigenvalue weighted by molar-refractivity contribution is 0.114. The molecule has 1 aromatic heterocycles. The van der Waals surface area contributed by atoms with Gasteiger partial charge in [-0.3, -0.25) is 4.90 Å². The van der Waals surface area contributed by atoms with Gasteiger partial charge < -0.3 is 10.3 Å². The first-order valence-electron chi connectivity index (χ1n) is 7.56. The lowest BCUT2D eigenvalue weighted by Crippen LogP contribution is -2.42. The van der Waals surface area contributed by atoms with E-state index >= 15 is 0 Å². The minimum atomic E-state index is 0.565. The Labute approximate surface area is 125 Å². The van der Waals surface area contributed by atoms with E-state index in [-0.39, 0.29) is 0 Å². The molecule has 2 aromatic rings. The van der Waals surface area contributed by atoms with E-state index in [1.165, 1.54) is 6.42 Å². The zero-order chi connectivity index (χ0) is 14.7. The summed E-state index contributed by atoms with van der Waals surface area (Å²) in [5.74, 6) is 2.61. The summed E-state index contributed by atoms with van der Waals surface area (Å²) in [5, 5.41) is 4.07. The van der Waals surface area contributed by atoms with Gasteiger partial charge in [0.15, 0.2) is 0 Å². The highest BCUT2D eigenvalue weighted by Crippen LogP contribution is 2.23. The minimum absolute atomic E-state index is 0.565. The second-order valence-corrected chi connectivity index (χ2v) is 5.87. The maximum absolute atomic E-state index is 5.85. The Morgan fingerprint density at radius 2 is 2.14 bits per heavy atom. The molecule has 112 valence electrons. The molecule has 2 N–H and O–H groups in total. The number of piperidine rings is 1. The van der Waals surface area contributed by atoms with E-state index in [4.69, 9.17) is 10.3 Å². The van der Waals surface area contributed by atoms with Crippen LogP contribution in [0.4, 0.5) is 0 Å². The van der Waals surface area contributed by atoms with Gasteiger partial charge in [-0.25, -0.2) is 0 Å². The summed E-state index contributed by atoms with van der Waals surface area (Å²) >= 11 is 0. The Morgan fingerprint density at radius 1 is 1.33 bits per heavy atom. The van der Waals surface area contributed by atoms with Crippen molar-refractivity contribution in [1.82, 2.24) is 15.0 Å². The van der Waals surface area contributed by atoms with E-state index in [2.05, 4.69) is 22.0 Å². The van der Waals surface area contributed by atoms with Crippen molar-refractivity contribution in [3.63, 3.8) is 0 Å². The van der Waals surface area contributed by atoms with Crippen molar-refractivity contribution in [2.24, 2.45) is 17.6 Å². The van der Waals surface area contributed by atoms with Crippen molar-refractivity contribution in [2.75, 3.05) is 19.6 Å². The molecule has 0 saturated carbocycles. The van der Waals surface area contributed by atoms with Crippen LogP contribution in [-0.2, 0) is 6.54 Å². The normalized spacial score (nSPS) is 23.3. The Balaban J connectivity index is 1.65. The van der Waals surface area contributed by atoms with Gasteiger partial charge in [-0.15, -0.1) is 0 Å². The number of nitrogens with two attached hydrogens (primary N) is 1. The molecule has 0 spiro atoms. The van der Waals surface area contributed by atoms with Crippen molar-refractivity contribution in [2.45, 2.75) is 19.9 Å². The summed E-state index contributed by atoms with van der Waals surface area (Å²) < 4.78 is 5.38. The second kappa shape index (κ2) is 6.37. The largest absolute Gasteiger partial charge is 0.338 e. The van der Waals surface area contributed by atoms with Gasteiger partial charge in [0.2, 0.25) is 11.7 Å². The number of aromatic nitrogens is 2. The van der Waals surface area contributed by atoms with Crippen LogP contribution in [0.1, 0.15) is 19.2 Å². The highest BCUT2D eigenvalue weighted by molar-refractivity contribution is 5.53. The van der Waals surface area contributed by atoms with Gasteiger partial charge >= 0.3 is 0 Å². The van der Waals surface area contributed by atoms with Crippen molar-refractivity contribution in [3.05, 3.63) is 36.2 Å². The third-order valence-corrected chi connectivity index (χ3v) is 4.36. The summed E-state index contributed by atoms with van der Waals surface area (Å²) in [6.07, 6.45) is 1.18. The van der Waals surface area contributed by atoms with E-state index in [1.807, 2.05) is 30.3 Å². The lowest BCUT2D eigenvalue weighted by Gasteiger charge is -2.35. The molecule has 21 heavy (non-hydrogen) atoms. The quantitative estimate of drug-likeness (QED) is 0.932. The third kappa shape index (κ3) is 3.31. The molecule has 0 amide bonds. The van der Waals surface area contributed by atoms with E-state index in [0.717, 1.165) is 25.2 Å². The average molecular weight is 286 g/mol. The number of hydrogen-bond acceptors (Lipinski definition) is 5. The number of likely N-dealkylation sites (tertiary alicyclic amines) is 1. The molecule has 0 aliphatic carbocycles. The molecule has 1 aromatic carbocycles. The van der Waals surface area contributed by atoms with Crippen LogP contribution < -0.4 is 5.73 Å². The van der Waals surface area contributed by atoms with E-state index in [9.17, 15) is 0 Å². The number of nitrogens with zero attached hydrogens (tertiary/aromatic N) is 3. The molecule has 1 fully saturated rings. The lowest BCUT2D eigenvalue weighted by atomic mass is 9.87. The van der Waals surface area contributed by atoms with Crippen LogP contribution in [0.15, 0.2) is 34.9 Å². The van der Waals surface area contributed by atoms with Crippen LogP contribution in [0.3, 0.4) is 0 Å². The van der Waals surface area contributed by atoms with Gasteiger partial charge in [0.05, 0.1) is 6.54 Å². The molecule has 0 bridgehead atoms. The summed E-state index contributed by atoms with van der Waals surface area (Å²) in [6, 6.07) is 9.90. The maximum Gasteiger partial charge on any atom is 0.241 e. The van der Waals surface area contributed by atoms with Crippen LogP contribution in [0.2, 0.25) is 0 Å². The summed E-state index contributed by atoms with van der Waals surface area (Å²) in [7, 11) is 0. The molecule has 0 radical (unpaired) electrons. The fourth-order valence-electron chi connectivity index (χ4n) is 2.89. The number of rotatable bonds is 4. The van der Waals surface area contributed by atoms with Crippen LogP contribution in [0.5, 0.6) is 0 Å². The van der Waals surface area contributed by atoms with Crippen molar-refractivity contribution < 1.29 is 4.52 Å². The minimum Gasteiger partial charge on any atom is -0.338 e. The number of benzene rings is 1. The van der Waals surface area contributed by atoms with Crippen LogP contribution in [-0.4, -0.2) is 34.7 Å². The van der Waals surface area contributed by atoms with Gasteiger partial charge in [0, 0.05) is 12.1 Å². The summed E-state index contributed by atoms with van der Waals surface area (Å²) in [4.78, 5) is 6.85. The molecular formula is C16H22N4O. The SMILES string of the molecule is CC1CCN(Cc2nc(-c3ccccc3)no2)CC1CN. The van der Waals surface area contributed by atoms with Crippen molar-refractivity contribution in [1.29, 1.82) is 0 Å². The fraction of sp³-hybridized carbons (Fsp3) is 0.500. The molecule has 5 nitrogen and oxygen atoms in total. The van der Waals surface area contributed by atoms with Gasteiger partial charge in [0.1, 0.15) is 0 Å². The first-order chi connectivity index (χ1) is 10.3. The van der Waals surface area contributed by atoms with Gasteiger partial charge in [-0.1, -0.05) is 42.4 Å². The van der Waals surface area contributed by atoms with Gasteiger partial charge in [0.25, 0.3) is 0 Å². The predicted molar refractivity (Wildman–Crippen MR) is 81.3 cm³/mol. The monoisotopic (exact) mass is 286 g/mol. The standard InChI is InChI=1S/C16H22N4O/c1-12-7-8-20(10-14(12)9-17)11-15-18-16(19-21-15)13-5-3-2-4-6-13/h2-6,12,14H,7-11,17H2,1H3. The van der Waals surface area contributed by atoms with Crippen LogP contribution in [0.25, 0.3) is 11.4 Å². The van der Waals surface area contributed by atoms with E-state index in [1.54, 1.807) is 0 Å². The molecule has 5 heteroatoms. The first kappa shape index (κ1) is 14.2. The Kier molecular flexibility index (Phi) is 4.31. The Hall–Kier alpha value is -1.72. The smallest absolute Gasteiger partial charge is 0.241 e. The highest BCUT2D eigenvalue weighted by Gasteiger charge is 2.26. The Bertz CT molecular complexity index is 569. The second-order valence-electron chi connectivity index (χ2n) is 5.87. The molecule has 1 saturated heterocycles. The molecule has 1 aliphatic heterocycles. The van der Waals surface area contributed by atoms with Gasteiger partial charge in [-0.05, 0) is 31.3 Å². The van der Waals surface area contributed by atoms with Crippen molar-refractivity contribution in [3.8, 4) is 11.4 Å². The molecular weight excluding hydrogens is 264 g/mol. The molecule has 3 rings (SSSR count). The maximum atomic E-state index is 5.85. The molecule has 2 heterocycles. The zero-order valence-electron chi connectivity index (χ0n) is 12.4. The van der Waals surface area contributed by atoms with Crippen LogP contribution >= 0.6 is 0 Å². The highest BCUT2D eigenvalue weighted by atomic mass is 16.5. The van der Waals surface area contributed by atoms with Crippen molar-refractivity contribution >= 4 is 0 Å². The average Bonchev–Trinajstić information content (AvgIpc) is 2.98. The van der Waals surface area contributed by atoms with Crippen LogP contribution in [0, 0.1) is 11.8 Å². The fourth-order valence-corrected chi connectivity index (χ4v) is 2.89. The van der Waals surface area contributed by atoms with Gasteiger partial charge in [-0.2, -0.15) is 4.98 Å². The summed E-state index contributed by atoms with van der Waals surface area (Å²) in [6.45, 7) is 5.83. The summed E-state index contributed by atoms with van der Waals surface area (Å²) in [5.41, 5.74) is 6.84. The predicted octanol–water partition coefficient (Wildman–Crippen LogP) is 2.15. The third-order valence-electron chi connectivity index (χ3n) is 4.36. The molecule has 1 aliphatic rings. The molecule has 2 unspecified atom stereocenters. The van der Waals surface area contributed by atoms with E-state index < -0.39 is 0 Å². The first-order valence-corrected chi connectivity index (χ1v) is 7.56. The topological polar surface area (TPSA) is 68.2 Å². The molecule has 2 atom stereocenters. The zero-order valence-corrected chi connectivity index (χ0v) is 12.4. The van der Waals surface area contributed by atoms with E-state index in [0.29, 0.717) is 30.1 Å². The number of hydrogen-bond donors (Lipinski definition) is 1. The Morgan fingerprint density at radius 3 is 2.90 bits per heavy atom.